The third-order valence-corrected chi connectivity index (χ3v) is 3.51. The molecule has 2 aromatic rings. The Morgan fingerprint density at radius 1 is 1.00 bits per heavy atom. The van der Waals surface area contributed by atoms with Crippen molar-refractivity contribution < 1.29 is 0 Å². The maximum absolute atomic E-state index is 4.74. The van der Waals surface area contributed by atoms with E-state index in [1.807, 2.05) is 13.8 Å². The summed E-state index contributed by atoms with van der Waals surface area (Å²) >= 11 is 0. The zero-order chi connectivity index (χ0) is 14.0. The summed E-state index contributed by atoms with van der Waals surface area (Å²) in [5.74, 6) is 0.874. The summed E-state index contributed by atoms with van der Waals surface area (Å²) in [5.41, 5.74) is 6.61. The minimum atomic E-state index is 0.842. The van der Waals surface area contributed by atoms with Gasteiger partial charge in [0.15, 0.2) is 5.82 Å². The van der Waals surface area contributed by atoms with E-state index in [1.165, 1.54) is 11.1 Å². The molecule has 0 spiro atoms. The molecule has 0 atom stereocenters. The molecule has 0 aliphatic carbocycles. The first-order valence-corrected chi connectivity index (χ1v) is 6.70. The lowest BCUT2D eigenvalue weighted by Gasteiger charge is -2.14. The van der Waals surface area contributed by atoms with E-state index in [9.17, 15) is 0 Å². The Hall–Kier alpha value is -1.90. The molecular weight excluding hydrogens is 234 g/mol. The van der Waals surface area contributed by atoms with Crippen LogP contribution in [0.15, 0.2) is 18.2 Å². The van der Waals surface area contributed by atoms with Crippen molar-refractivity contribution in [2.45, 2.75) is 34.6 Å². The van der Waals surface area contributed by atoms with Gasteiger partial charge in [-0.3, -0.25) is 0 Å². The van der Waals surface area contributed by atoms with Crippen LogP contribution in [0.1, 0.15) is 29.4 Å². The Morgan fingerprint density at radius 2 is 1.68 bits per heavy atom. The smallest absolute Gasteiger partial charge is 0.152 e. The lowest BCUT2D eigenvalue weighted by molar-refractivity contribution is 1.03. The van der Waals surface area contributed by atoms with E-state index in [0.717, 1.165) is 35.0 Å². The van der Waals surface area contributed by atoms with Crippen LogP contribution in [0.2, 0.25) is 0 Å². The van der Waals surface area contributed by atoms with Crippen LogP contribution in [0.25, 0.3) is 11.3 Å². The standard InChI is InChI=1S/C16H21N3/c1-6-17-16-15(18-12(4)13(5)19-16)14-9-7-8-10(2)11(14)3/h7-9H,6H2,1-5H3,(H,17,19). The molecule has 1 heterocycles. The van der Waals surface area contributed by atoms with Gasteiger partial charge < -0.3 is 5.32 Å². The number of nitrogens with one attached hydrogen (secondary N) is 1. The van der Waals surface area contributed by atoms with Gasteiger partial charge in [0.1, 0.15) is 5.69 Å². The van der Waals surface area contributed by atoms with Gasteiger partial charge in [-0.05, 0) is 45.7 Å². The lowest BCUT2D eigenvalue weighted by Crippen LogP contribution is -2.07. The quantitative estimate of drug-likeness (QED) is 0.906. The zero-order valence-electron chi connectivity index (χ0n) is 12.3. The maximum Gasteiger partial charge on any atom is 0.152 e. The van der Waals surface area contributed by atoms with Crippen LogP contribution >= 0.6 is 0 Å². The summed E-state index contributed by atoms with van der Waals surface area (Å²) in [4.78, 5) is 9.37. The van der Waals surface area contributed by atoms with Crippen LogP contribution in [0.3, 0.4) is 0 Å². The predicted molar refractivity (Wildman–Crippen MR) is 80.6 cm³/mol. The van der Waals surface area contributed by atoms with E-state index < -0.39 is 0 Å². The molecule has 1 aromatic carbocycles. The molecule has 0 saturated heterocycles. The highest BCUT2D eigenvalue weighted by molar-refractivity contribution is 5.75. The molecular formula is C16H21N3. The van der Waals surface area contributed by atoms with E-state index >= 15 is 0 Å². The van der Waals surface area contributed by atoms with Crippen LogP contribution in [0, 0.1) is 27.7 Å². The molecule has 0 unspecified atom stereocenters. The zero-order valence-corrected chi connectivity index (χ0v) is 12.3. The fourth-order valence-corrected chi connectivity index (χ4v) is 2.09. The Labute approximate surface area is 115 Å². The molecule has 0 aliphatic heterocycles. The van der Waals surface area contributed by atoms with Gasteiger partial charge in [0, 0.05) is 12.1 Å². The van der Waals surface area contributed by atoms with Crippen LogP contribution in [-0.2, 0) is 0 Å². The second-order valence-electron chi connectivity index (χ2n) is 4.87. The van der Waals surface area contributed by atoms with Crippen LogP contribution in [0.5, 0.6) is 0 Å². The number of anilines is 1. The van der Waals surface area contributed by atoms with Crippen molar-refractivity contribution in [1.29, 1.82) is 0 Å². The summed E-state index contributed by atoms with van der Waals surface area (Å²) in [6.07, 6.45) is 0. The molecule has 100 valence electrons. The molecule has 3 heteroatoms. The fraction of sp³-hybridized carbons (Fsp3) is 0.375. The third kappa shape index (κ3) is 2.60. The third-order valence-electron chi connectivity index (χ3n) is 3.51. The molecule has 0 bridgehead atoms. The monoisotopic (exact) mass is 255 g/mol. The summed E-state index contributed by atoms with van der Waals surface area (Å²) < 4.78 is 0. The van der Waals surface area contributed by atoms with E-state index in [4.69, 9.17) is 4.98 Å². The maximum atomic E-state index is 4.74. The van der Waals surface area contributed by atoms with E-state index in [1.54, 1.807) is 0 Å². The molecule has 0 fully saturated rings. The van der Waals surface area contributed by atoms with Gasteiger partial charge in [0.2, 0.25) is 0 Å². The highest BCUT2D eigenvalue weighted by Crippen LogP contribution is 2.29. The number of hydrogen-bond donors (Lipinski definition) is 1. The highest BCUT2D eigenvalue weighted by atomic mass is 15.0. The number of nitrogens with zero attached hydrogens (tertiary/aromatic N) is 2. The molecule has 2 rings (SSSR count). The van der Waals surface area contributed by atoms with E-state index in [-0.39, 0.29) is 0 Å². The number of aryl methyl sites for hydroxylation is 3. The summed E-state index contributed by atoms with van der Waals surface area (Å²) in [6, 6.07) is 6.31. The SMILES string of the molecule is CCNc1nc(C)c(C)nc1-c1cccc(C)c1C. The first-order valence-electron chi connectivity index (χ1n) is 6.70. The van der Waals surface area contributed by atoms with Crippen molar-refractivity contribution in [3.8, 4) is 11.3 Å². The molecule has 0 radical (unpaired) electrons. The molecule has 0 amide bonds. The molecule has 0 aliphatic rings. The average molecular weight is 255 g/mol. The Balaban J connectivity index is 2.66. The normalized spacial score (nSPS) is 10.6. The second kappa shape index (κ2) is 5.39. The first kappa shape index (κ1) is 13.5. The molecule has 19 heavy (non-hydrogen) atoms. The molecule has 3 nitrogen and oxygen atoms in total. The molecule has 0 saturated carbocycles. The van der Waals surface area contributed by atoms with Gasteiger partial charge in [0.25, 0.3) is 0 Å². The fourth-order valence-electron chi connectivity index (χ4n) is 2.09. The lowest BCUT2D eigenvalue weighted by atomic mass is 10.0. The Bertz CT molecular complexity index is 603. The topological polar surface area (TPSA) is 37.8 Å². The van der Waals surface area contributed by atoms with Crippen LogP contribution in [-0.4, -0.2) is 16.5 Å². The summed E-state index contributed by atoms with van der Waals surface area (Å²) in [6.45, 7) is 11.2. The van der Waals surface area contributed by atoms with Gasteiger partial charge in [-0.15, -0.1) is 0 Å². The van der Waals surface area contributed by atoms with E-state index in [2.05, 4.69) is 49.3 Å². The van der Waals surface area contributed by atoms with Crippen molar-refractivity contribution in [2.24, 2.45) is 0 Å². The average Bonchev–Trinajstić information content (AvgIpc) is 2.37. The Kier molecular flexibility index (Phi) is 3.84. The summed E-state index contributed by atoms with van der Waals surface area (Å²) in [5, 5.41) is 3.32. The van der Waals surface area contributed by atoms with Crippen molar-refractivity contribution >= 4 is 5.82 Å². The van der Waals surface area contributed by atoms with Gasteiger partial charge in [0.05, 0.1) is 11.4 Å². The van der Waals surface area contributed by atoms with Crippen LogP contribution in [0.4, 0.5) is 5.82 Å². The number of rotatable bonds is 3. The first-order chi connectivity index (χ1) is 9.04. The number of hydrogen-bond acceptors (Lipinski definition) is 3. The van der Waals surface area contributed by atoms with Crippen molar-refractivity contribution in [3.63, 3.8) is 0 Å². The Morgan fingerprint density at radius 3 is 2.37 bits per heavy atom. The van der Waals surface area contributed by atoms with Crippen molar-refractivity contribution in [3.05, 3.63) is 40.7 Å². The van der Waals surface area contributed by atoms with Gasteiger partial charge >= 0.3 is 0 Å². The minimum Gasteiger partial charge on any atom is -0.369 e. The largest absolute Gasteiger partial charge is 0.369 e. The van der Waals surface area contributed by atoms with E-state index in [0.29, 0.717) is 0 Å². The van der Waals surface area contributed by atoms with Crippen LogP contribution < -0.4 is 5.32 Å². The van der Waals surface area contributed by atoms with Gasteiger partial charge in [-0.2, -0.15) is 0 Å². The number of aromatic nitrogens is 2. The summed E-state index contributed by atoms with van der Waals surface area (Å²) in [7, 11) is 0. The van der Waals surface area contributed by atoms with Gasteiger partial charge in [-0.25, -0.2) is 9.97 Å². The predicted octanol–water partition coefficient (Wildman–Crippen LogP) is 3.81. The molecule has 1 N–H and O–H groups in total. The number of benzene rings is 1. The minimum absolute atomic E-state index is 0.842. The van der Waals surface area contributed by atoms with Gasteiger partial charge in [-0.1, -0.05) is 18.2 Å². The van der Waals surface area contributed by atoms with Crippen molar-refractivity contribution in [1.82, 2.24) is 9.97 Å². The highest BCUT2D eigenvalue weighted by Gasteiger charge is 2.13. The molecule has 1 aromatic heterocycles. The van der Waals surface area contributed by atoms with Crippen molar-refractivity contribution in [2.75, 3.05) is 11.9 Å². The second-order valence-corrected chi connectivity index (χ2v) is 4.87.